The third-order valence-corrected chi connectivity index (χ3v) is 8.17. The Morgan fingerprint density at radius 3 is 2.92 bits per heavy atom. The van der Waals surface area contributed by atoms with Gasteiger partial charge in [0.25, 0.3) is 0 Å². The summed E-state index contributed by atoms with van der Waals surface area (Å²) in [6.07, 6.45) is 6.93. The lowest BCUT2D eigenvalue weighted by Crippen LogP contribution is -2.73. The van der Waals surface area contributed by atoms with E-state index in [4.69, 9.17) is 13.9 Å². The van der Waals surface area contributed by atoms with E-state index >= 15 is 0 Å². The van der Waals surface area contributed by atoms with Crippen molar-refractivity contribution in [3.8, 4) is 0 Å². The van der Waals surface area contributed by atoms with Crippen LogP contribution in [0.3, 0.4) is 0 Å². The van der Waals surface area contributed by atoms with Gasteiger partial charge in [-0.15, -0.1) is 0 Å². The van der Waals surface area contributed by atoms with Gasteiger partial charge in [0.1, 0.15) is 0 Å². The van der Waals surface area contributed by atoms with Crippen molar-refractivity contribution in [3.05, 3.63) is 24.2 Å². The molecule has 25 heavy (non-hydrogen) atoms. The quantitative estimate of drug-likeness (QED) is 0.816. The van der Waals surface area contributed by atoms with E-state index in [1.54, 1.807) is 12.5 Å². The first-order chi connectivity index (χ1) is 11.9. The van der Waals surface area contributed by atoms with Gasteiger partial charge in [0.05, 0.1) is 42.4 Å². The van der Waals surface area contributed by atoms with Crippen LogP contribution in [0.4, 0.5) is 0 Å². The molecule has 4 aliphatic rings. The average molecular weight is 348 g/mol. The normalized spacial score (nSPS) is 54.8. The molecule has 2 N–H and O–H groups in total. The molecule has 1 aromatic rings. The fourth-order valence-corrected chi connectivity index (χ4v) is 6.86. The second kappa shape index (κ2) is 5.10. The van der Waals surface area contributed by atoms with E-state index in [-0.39, 0.29) is 29.6 Å². The largest absolute Gasteiger partial charge is 0.472 e. The molecule has 0 amide bonds. The fraction of sp³-hybridized carbons (Fsp3) is 0.800. The summed E-state index contributed by atoms with van der Waals surface area (Å²) in [5, 5.41) is 22.4. The number of hydrogen-bond donors (Lipinski definition) is 2. The summed E-state index contributed by atoms with van der Waals surface area (Å²) in [7, 11) is 0. The number of hydrogen-bond acceptors (Lipinski definition) is 5. The number of ether oxygens (including phenoxy) is 2. The minimum absolute atomic E-state index is 0.0379. The Kier molecular flexibility index (Phi) is 3.32. The molecule has 0 aromatic carbocycles. The van der Waals surface area contributed by atoms with Crippen LogP contribution in [0.15, 0.2) is 23.0 Å². The van der Waals surface area contributed by atoms with E-state index in [1.807, 2.05) is 13.0 Å². The Bertz CT molecular complexity index is 655. The minimum atomic E-state index is -0.902. The molecule has 0 unspecified atom stereocenters. The zero-order chi connectivity index (χ0) is 17.4. The number of aliphatic hydroxyl groups excluding tert-OH is 1. The predicted molar refractivity (Wildman–Crippen MR) is 89.5 cm³/mol. The van der Waals surface area contributed by atoms with Gasteiger partial charge in [-0.25, -0.2) is 0 Å². The zero-order valence-electron chi connectivity index (χ0n) is 15.0. The monoisotopic (exact) mass is 348 g/mol. The van der Waals surface area contributed by atoms with Crippen molar-refractivity contribution in [3.63, 3.8) is 0 Å². The Morgan fingerprint density at radius 1 is 1.32 bits per heavy atom. The van der Waals surface area contributed by atoms with Gasteiger partial charge < -0.3 is 24.1 Å². The molecule has 2 aliphatic carbocycles. The second-order valence-electron chi connectivity index (χ2n) is 9.05. The van der Waals surface area contributed by atoms with Crippen molar-refractivity contribution >= 4 is 0 Å². The summed E-state index contributed by atoms with van der Waals surface area (Å²) < 4.78 is 17.9. The molecule has 1 spiro atoms. The van der Waals surface area contributed by atoms with Gasteiger partial charge in [-0.3, -0.25) is 0 Å². The van der Waals surface area contributed by atoms with Gasteiger partial charge in [-0.1, -0.05) is 13.3 Å². The number of aliphatic hydroxyl groups is 2. The van der Waals surface area contributed by atoms with Crippen LogP contribution in [0.1, 0.15) is 57.6 Å². The first kappa shape index (κ1) is 16.3. The second-order valence-corrected chi connectivity index (χ2v) is 9.05. The fourth-order valence-electron chi connectivity index (χ4n) is 6.86. The molecule has 5 heteroatoms. The maximum Gasteiger partial charge on any atom is 0.164 e. The molecule has 3 heterocycles. The van der Waals surface area contributed by atoms with E-state index in [2.05, 4.69) is 6.92 Å². The highest BCUT2D eigenvalue weighted by Gasteiger charge is 2.74. The van der Waals surface area contributed by atoms with Crippen molar-refractivity contribution in [1.82, 2.24) is 0 Å². The number of rotatable bonds is 1. The summed E-state index contributed by atoms with van der Waals surface area (Å²) in [6, 6.07) is 1.96. The Labute approximate surface area is 148 Å². The van der Waals surface area contributed by atoms with Crippen LogP contribution in [0, 0.1) is 22.7 Å². The van der Waals surface area contributed by atoms with E-state index in [1.165, 1.54) is 0 Å². The molecule has 2 saturated carbocycles. The molecule has 4 fully saturated rings. The standard InChI is InChI=1S/C20H28O5/c1-12-8-16(21)20-11-24-17-19(12,15(20)4-3-6-18(20,2)22)9-14(25-17)13-5-7-23-10-13/h5,7,10,12,14-17,21-22H,3-4,6,8-9,11H2,1-2H3/t12-,14-,15+,16-,17-,18+,19+,20-/m0/s1. The molecule has 8 atom stereocenters. The number of furan rings is 1. The molecular formula is C20H28O5. The molecule has 5 nitrogen and oxygen atoms in total. The highest BCUT2D eigenvalue weighted by molar-refractivity contribution is 5.22. The average Bonchev–Trinajstić information content (AvgIpc) is 3.20. The van der Waals surface area contributed by atoms with Crippen LogP contribution >= 0.6 is 0 Å². The topological polar surface area (TPSA) is 72.1 Å². The Hall–Kier alpha value is -0.880. The SMILES string of the molecule is C[C@H]1C[C@H](O)[C@]23CO[C@H]4O[C@H](c5ccoc5)C[C@@]41[C@H]2CCC[C@@]3(C)O. The smallest absolute Gasteiger partial charge is 0.164 e. The van der Waals surface area contributed by atoms with E-state index in [0.29, 0.717) is 13.0 Å². The van der Waals surface area contributed by atoms with Gasteiger partial charge in [-0.2, -0.15) is 0 Å². The Balaban J connectivity index is 1.62. The van der Waals surface area contributed by atoms with Crippen LogP contribution in [0.25, 0.3) is 0 Å². The van der Waals surface area contributed by atoms with Crippen molar-refractivity contribution in [2.45, 2.75) is 70.1 Å². The van der Waals surface area contributed by atoms with E-state index in [9.17, 15) is 10.2 Å². The summed E-state index contributed by atoms with van der Waals surface area (Å²) in [5.41, 5.74) is -0.577. The molecule has 5 rings (SSSR count). The van der Waals surface area contributed by atoms with Gasteiger partial charge in [0, 0.05) is 11.0 Å². The summed E-state index contributed by atoms with van der Waals surface area (Å²) in [4.78, 5) is 0. The molecular weight excluding hydrogens is 320 g/mol. The molecule has 0 radical (unpaired) electrons. The first-order valence-corrected chi connectivity index (χ1v) is 9.61. The lowest BCUT2D eigenvalue weighted by atomic mass is 9.41. The highest BCUT2D eigenvalue weighted by Crippen LogP contribution is 2.71. The third kappa shape index (κ3) is 1.83. The zero-order valence-corrected chi connectivity index (χ0v) is 15.0. The van der Waals surface area contributed by atoms with Crippen molar-refractivity contribution in [1.29, 1.82) is 0 Å². The van der Waals surface area contributed by atoms with Gasteiger partial charge >= 0.3 is 0 Å². The molecule has 2 bridgehead atoms. The molecule has 138 valence electrons. The van der Waals surface area contributed by atoms with Crippen LogP contribution in [-0.4, -0.2) is 34.8 Å². The van der Waals surface area contributed by atoms with Crippen molar-refractivity contribution < 1.29 is 24.1 Å². The summed E-state index contributed by atoms with van der Waals surface area (Å²) in [5.74, 6) is 0.509. The predicted octanol–water partition coefficient (Wildman–Crippen LogP) is 3.02. The van der Waals surface area contributed by atoms with Gasteiger partial charge in [0.2, 0.25) is 0 Å². The summed E-state index contributed by atoms with van der Waals surface area (Å²) in [6.45, 7) is 4.50. The van der Waals surface area contributed by atoms with Crippen molar-refractivity contribution in [2.24, 2.45) is 22.7 Å². The van der Waals surface area contributed by atoms with Crippen molar-refractivity contribution in [2.75, 3.05) is 6.61 Å². The lowest BCUT2D eigenvalue weighted by molar-refractivity contribution is -0.354. The van der Waals surface area contributed by atoms with Crippen LogP contribution in [0.2, 0.25) is 0 Å². The third-order valence-electron chi connectivity index (χ3n) is 8.17. The highest BCUT2D eigenvalue weighted by atomic mass is 16.7. The van der Waals surface area contributed by atoms with Gasteiger partial charge in [-0.05, 0) is 50.5 Å². The minimum Gasteiger partial charge on any atom is -0.472 e. The first-order valence-electron chi connectivity index (χ1n) is 9.61. The maximum absolute atomic E-state index is 11.3. The maximum atomic E-state index is 11.3. The van der Waals surface area contributed by atoms with Crippen LogP contribution < -0.4 is 0 Å². The Morgan fingerprint density at radius 2 is 2.16 bits per heavy atom. The van der Waals surface area contributed by atoms with Crippen LogP contribution in [0.5, 0.6) is 0 Å². The molecule has 2 aliphatic heterocycles. The van der Waals surface area contributed by atoms with Gasteiger partial charge in [0.15, 0.2) is 6.29 Å². The van der Waals surface area contributed by atoms with Crippen LogP contribution in [-0.2, 0) is 9.47 Å². The summed E-state index contributed by atoms with van der Waals surface area (Å²) >= 11 is 0. The molecule has 2 saturated heterocycles. The lowest BCUT2D eigenvalue weighted by Gasteiger charge is -2.68. The van der Waals surface area contributed by atoms with E-state index in [0.717, 1.165) is 31.2 Å². The van der Waals surface area contributed by atoms with E-state index < -0.39 is 17.1 Å². The molecule has 1 aromatic heterocycles.